The van der Waals surface area contributed by atoms with Crippen molar-refractivity contribution in [3.8, 4) is 5.75 Å². The van der Waals surface area contributed by atoms with Crippen LogP contribution in [0.2, 0.25) is 0 Å². The van der Waals surface area contributed by atoms with Crippen molar-refractivity contribution in [2.75, 3.05) is 7.11 Å². The molecule has 7 nitrogen and oxygen atoms in total. The zero-order valence-electron chi connectivity index (χ0n) is 15.9. The molecule has 0 radical (unpaired) electrons. The van der Waals surface area contributed by atoms with Crippen molar-refractivity contribution < 1.29 is 22.3 Å². The van der Waals surface area contributed by atoms with Crippen molar-refractivity contribution >= 4 is 22.3 Å². The Balaban J connectivity index is 1.79. The van der Waals surface area contributed by atoms with Crippen molar-refractivity contribution in [3.63, 3.8) is 0 Å². The fourth-order valence-electron chi connectivity index (χ4n) is 2.75. The molecule has 29 heavy (non-hydrogen) atoms. The van der Waals surface area contributed by atoms with Crippen LogP contribution in [0.5, 0.6) is 5.75 Å². The fraction of sp³-hybridized carbons (Fsp3) is 0.200. The van der Waals surface area contributed by atoms with Gasteiger partial charge >= 0.3 is 10.2 Å². The number of methoxy groups -OCH3 is 1. The summed E-state index contributed by atoms with van der Waals surface area (Å²) in [7, 11) is -2.48. The SMILES string of the molecule is COc1ccc(CN2C(=O)C(C=NCc3ccc(F)cc3)=C(C)NS2(=O)=O)cc1. The molecule has 0 aromatic heterocycles. The van der Waals surface area contributed by atoms with Gasteiger partial charge in [-0.15, -0.1) is 0 Å². The van der Waals surface area contributed by atoms with Crippen molar-refractivity contribution in [1.29, 1.82) is 0 Å². The summed E-state index contributed by atoms with van der Waals surface area (Å²) in [6.45, 7) is 1.61. The Morgan fingerprint density at radius 3 is 2.34 bits per heavy atom. The number of aliphatic imine (C=N–C) groups is 1. The molecule has 1 heterocycles. The Hall–Kier alpha value is -3.20. The first-order valence-corrected chi connectivity index (χ1v) is 10.2. The zero-order chi connectivity index (χ0) is 21.0. The molecule has 0 bridgehead atoms. The highest BCUT2D eigenvalue weighted by atomic mass is 32.2. The summed E-state index contributed by atoms with van der Waals surface area (Å²) in [5.74, 6) is -0.383. The fourth-order valence-corrected chi connectivity index (χ4v) is 3.99. The Kier molecular flexibility index (Phi) is 5.97. The molecule has 152 valence electrons. The van der Waals surface area contributed by atoms with Crippen LogP contribution in [-0.2, 0) is 28.1 Å². The molecule has 2 aromatic rings. The maximum absolute atomic E-state index is 13.0. The van der Waals surface area contributed by atoms with E-state index in [9.17, 15) is 17.6 Å². The van der Waals surface area contributed by atoms with Gasteiger partial charge in [-0.1, -0.05) is 24.3 Å². The third kappa shape index (κ3) is 4.80. The molecule has 9 heteroatoms. The highest BCUT2D eigenvalue weighted by molar-refractivity contribution is 7.87. The predicted octanol–water partition coefficient (Wildman–Crippen LogP) is 2.56. The van der Waals surface area contributed by atoms with Crippen LogP contribution in [0.25, 0.3) is 0 Å². The molecule has 1 aliphatic heterocycles. The summed E-state index contributed by atoms with van der Waals surface area (Å²) in [5.41, 5.74) is 1.74. The van der Waals surface area contributed by atoms with E-state index in [1.165, 1.54) is 32.4 Å². The molecule has 0 atom stereocenters. The summed E-state index contributed by atoms with van der Waals surface area (Å²) in [4.78, 5) is 17.1. The van der Waals surface area contributed by atoms with Gasteiger partial charge in [-0.25, -0.2) is 8.70 Å². The normalized spacial score (nSPS) is 16.2. The van der Waals surface area contributed by atoms with Crippen molar-refractivity contribution in [1.82, 2.24) is 9.03 Å². The predicted molar refractivity (Wildman–Crippen MR) is 107 cm³/mol. The van der Waals surface area contributed by atoms with Crippen LogP contribution in [0.1, 0.15) is 18.1 Å². The quantitative estimate of drug-likeness (QED) is 0.732. The van der Waals surface area contributed by atoms with E-state index in [-0.39, 0.29) is 30.2 Å². The van der Waals surface area contributed by atoms with E-state index in [1.807, 2.05) is 0 Å². The monoisotopic (exact) mass is 417 g/mol. The Morgan fingerprint density at radius 1 is 1.10 bits per heavy atom. The van der Waals surface area contributed by atoms with Gasteiger partial charge in [0.05, 0.1) is 25.8 Å². The number of allylic oxidation sites excluding steroid dienone is 1. The van der Waals surface area contributed by atoms with Gasteiger partial charge in [0.25, 0.3) is 5.91 Å². The Labute approximate surface area is 168 Å². The minimum atomic E-state index is -4.01. The smallest absolute Gasteiger partial charge is 0.326 e. The highest BCUT2D eigenvalue weighted by Gasteiger charge is 2.35. The van der Waals surface area contributed by atoms with E-state index in [0.29, 0.717) is 11.3 Å². The average molecular weight is 417 g/mol. The van der Waals surface area contributed by atoms with Gasteiger partial charge in [0.15, 0.2) is 0 Å². The Bertz CT molecular complexity index is 1060. The van der Waals surface area contributed by atoms with Crippen molar-refractivity contribution in [2.45, 2.75) is 20.0 Å². The molecule has 0 aliphatic carbocycles. The van der Waals surface area contributed by atoms with Gasteiger partial charge < -0.3 is 4.74 Å². The number of hydrogen-bond acceptors (Lipinski definition) is 5. The molecule has 0 fully saturated rings. The third-order valence-electron chi connectivity index (χ3n) is 4.33. The number of carbonyl (C=O) groups excluding carboxylic acids is 1. The summed E-state index contributed by atoms with van der Waals surface area (Å²) in [6.07, 6.45) is 1.34. The maximum Gasteiger partial charge on any atom is 0.326 e. The second kappa shape index (κ2) is 8.44. The number of nitrogens with zero attached hydrogens (tertiary/aromatic N) is 2. The lowest BCUT2D eigenvalue weighted by atomic mass is 10.2. The van der Waals surface area contributed by atoms with E-state index < -0.39 is 16.1 Å². The molecule has 0 saturated heterocycles. The van der Waals surface area contributed by atoms with Gasteiger partial charge in [0.2, 0.25) is 0 Å². The Morgan fingerprint density at radius 2 is 1.72 bits per heavy atom. The van der Waals surface area contributed by atoms with Gasteiger partial charge in [-0.3, -0.25) is 14.5 Å². The molecule has 1 aliphatic rings. The minimum absolute atomic E-state index is 0.124. The first-order chi connectivity index (χ1) is 13.8. The number of halogens is 1. The van der Waals surface area contributed by atoms with Crippen molar-refractivity contribution in [2.24, 2.45) is 4.99 Å². The molecule has 0 unspecified atom stereocenters. The molecule has 1 N–H and O–H groups in total. The molecule has 2 aromatic carbocycles. The molecule has 1 amide bonds. The van der Waals surface area contributed by atoms with Gasteiger partial charge in [-0.2, -0.15) is 8.42 Å². The van der Waals surface area contributed by atoms with Crippen LogP contribution in [0.3, 0.4) is 0 Å². The third-order valence-corrected chi connectivity index (χ3v) is 5.77. The first kappa shape index (κ1) is 20.5. The second-order valence-corrected chi connectivity index (χ2v) is 8.00. The number of hydrogen-bond donors (Lipinski definition) is 1. The van der Waals surface area contributed by atoms with E-state index in [4.69, 9.17) is 4.74 Å². The summed E-state index contributed by atoms with van der Waals surface area (Å²) >= 11 is 0. The van der Waals surface area contributed by atoms with Crippen LogP contribution in [-0.4, -0.2) is 32.0 Å². The lowest BCUT2D eigenvalue weighted by molar-refractivity contribution is -0.122. The lowest BCUT2D eigenvalue weighted by Crippen LogP contribution is -2.48. The molecule has 3 rings (SSSR count). The van der Waals surface area contributed by atoms with E-state index >= 15 is 0 Å². The number of rotatable bonds is 6. The van der Waals surface area contributed by atoms with Crippen molar-refractivity contribution in [3.05, 3.63) is 76.7 Å². The van der Waals surface area contributed by atoms with Crippen LogP contribution in [0, 0.1) is 5.82 Å². The summed E-state index contributed by atoms with van der Waals surface area (Å²) in [6, 6.07) is 12.6. The van der Waals surface area contributed by atoms with Gasteiger partial charge in [0, 0.05) is 11.9 Å². The number of carbonyl (C=O) groups is 1. The zero-order valence-corrected chi connectivity index (χ0v) is 16.7. The van der Waals surface area contributed by atoms with E-state index in [2.05, 4.69) is 9.71 Å². The number of nitrogens with one attached hydrogen (secondary N) is 1. The lowest BCUT2D eigenvalue weighted by Gasteiger charge is -2.28. The number of ether oxygens (including phenoxy) is 1. The van der Waals surface area contributed by atoms with Crippen LogP contribution < -0.4 is 9.46 Å². The van der Waals surface area contributed by atoms with Gasteiger partial charge in [0.1, 0.15) is 11.6 Å². The maximum atomic E-state index is 13.0. The number of benzene rings is 2. The van der Waals surface area contributed by atoms with Gasteiger partial charge in [-0.05, 0) is 42.3 Å². The minimum Gasteiger partial charge on any atom is -0.497 e. The largest absolute Gasteiger partial charge is 0.497 e. The van der Waals surface area contributed by atoms with Crippen LogP contribution in [0.15, 0.2) is 64.8 Å². The molecular formula is C20H20FN3O4S. The standard InChI is InChI=1S/C20H20FN3O4S/c1-14-19(12-22-11-15-3-7-17(21)8-4-15)20(25)24(29(26,27)23-14)13-16-5-9-18(28-2)10-6-16/h3-10,12,23H,11,13H2,1-2H3. The van der Waals surface area contributed by atoms with Crippen LogP contribution in [0.4, 0.5) is 4.39 Å². The van der Waals surface area contributed by atoms with Crippen LogP contribution >= 0.6 is 0 Å². The number of amides is 1. The molecular weight excluding hydrogens is 397 g/mol. The highest BCUT2D eigenvalue weighted by Crippen LogP contribution is 2.21. The van der Waals surface area contributed by atoms with E-state index in [0.717, 1.165) is 9.87 Å². The summed E-state index contributed by atoms with van der Waals surface area (Å²) in [5, 5.41) is 0. The average Bonchev–Trinajstić information content (AvgIpc) is 2.69. The molecule has 0 saturated carbocycles. The first-order valence-electron chi connectivity index (χ1n) is 8.73. The van der Waals surface area contributed by atoms with E-state index in [1.54, 1.807) is 36.4 Å². The second-order valence-electron chi connectivity index (χ2n) is 6.40. The topological polar surface area (TPSA) is 88.1 Å². The summed E-state index contributed by atoms with van der Waals surface area (Å²) < 4.78 is 46.1. The molecule has 0 spiro atoms.